The highest BCUT2D eigenvalue weighted by molar-refractivity contribution is 7.15. The van der Waals surface area contributed by atoms with E-state index in [2.05, 4.69) is 33.9 Å². The highest BCUT2D eigenvalue weighted by atomic mass is 32.1. The maximum atomic E-state index is 10.3. The third-order valence-corrected chi connectivity index (χ3v) is 4.97. The quantitative estimate of drug-likeness (QED) is 0.915. The second-order valence-corrected chi connectivity index (χ2v) is 7.41. The standard InChI is InChI=1S/C16H22N4OS/c1-11(2)7-15-18-19-16(22-15)20-9-13(14(21)10-20)8-12-3-5-17-6-4-12/h3-6,11,13-14,21H,7-10H2,1-2H3/t13-,14-/m1/s1. The van der Waals surface area contributed by atoms with Gasteiger partial charge in [-0.3, -0.25) is 4.98 Å². The number of anilines is 1. The molecule has 5 nitrogen and oxygen atoms in total. The summed E-state index contributed by atoms with van der Waals surface area (Å²) in [4.78, 5) is 6.20. The van der Waals surface area contributed by atoms with Crippen molar-refractivity contribution >= 4 is 16.5 Å². The Balaban J connectivity index is 1.64. The molecule has 1 aliphatic rings. The largest absolute Gasteiger partial charge is 0.391 e. The molecule has 1 fully saturated rings. The third kappa shape index (κ3) is 3.62. The zero-order valence-electron chi connectivity index (χ0n) is 13.0. The van der Waals surface area contributed by atoms with Crippen molar-refractivity contribution in [3.63, 3.8) is 0 Å². The minimum Gasteiger partial charge on any atom is -0.391 e. The summed E-state index contributed by atoms with van der Waals surface area (Å²) in [5.74, 6) is 0.823. The van der Waals surface area contributed by atoms with Crippen LogP contribution in [0.5, 0.6) is 0 Å². The number of rotatable bonds is 5. The van der Waals surface area contributed by atoms with E-state index in [4.69, 9.17) is 0 Å². The monoisotopic (exact) mass is 318 g/mol. The zero-order valence-corrected chi connectivity index (χ0v) is 13.8. The maximum absolute atomic E-state index is 10.3. The lowest BCUT2D eigenvalue weighted by molar-refractivity contribution is 0.148. The molecule has 2 aromatic rings. The minimum absolute atomic E-state index is 0.236. The average Bonchev–Trinajstić information content (AvgIpc) is 3.07. The fourth-order valence-electron chi connectivity index (χ4n) is 2.84. The second-order valence-electron chi connectivity index (χ2n) is 6.37. The van der Waals surface area contributed by atoms with Crippen LogP contribution in [0.1, 0.15) is 24.4 Å². The number of β-amino-alcohol motifs (C(OH)–C–C–N with tert-alkyl or cyclic N) is 1. The van der Waals surface area contributed by atoms with Crippen LogP contribution in [0.25, 0.3) is 0 Å². The highest BCUT2D eigenvalue weighted by Gasteiger charge is 2.33. The molecule has 2 aromatic heterocycles. The van der Waals surface area contributed by atoms with Gasteiger partial charge in [0.15, 0.2) is 0 Å². The van der Waals surface area contributed by atoms with Crippen molar-refractivity contribution in [3.8, 4) is 0 Å². The zero-order chi connectivity index (χ0) is 15.5. The number of aromatic nitrogens is 3. The van der Waals surface area contributed by atoms with Crippen molar-refractivity contribution in [2.45, 2.75) is 32.8 Å². The van der Waals surface area contributed by atoms with Crippen LogP contribution < -0.4 is 4.90 Å². The fraction of sp³-hybridized carbons (Fsp3) is 0.562. The molecule has 22 heavy (non-hydrogen) atoms. The molecule has 0 aliphatic carbocycles. The van der Waals surface area contributed by atoms with Crippen molar-refractivity contribution in [2.24, 2.45) is 11.8 Å². The molecule has 0 amide bonds. The summed E-state index contributed by atoms with van der Waals surface area (Å²) in [6.45, 7) is 5.85. The molecule has 3 heterocycles. The Bertz CT molecular complexity index is 601. The van der Waals surface area contributed by atoms with E-state index in [1.165, 1.54) is 5.56 Å². The minimum atomic E-state index is -0.314. The summed E-state index contributed by atoms with van der Waals surface area (Å²) in [6, 6.07) is 4.03. The van der Waals surface area contributed by atoms with Crippen molar-refractivity contribution < 1.29 is 5.11 Å². The molecule has 2 atom stereocenters. The van der Waals surface area contributed by atoms with E-state index in [1.807, 2.05) is 12.1 Å². The van der Waals surface area contributed by atoms with Gasteiger partial charge in [0.25, 0.3) is 0 Å². The van der Waals surface area contributed by atoms with Crippen LogP contribution in [0, 0.1) is 11.8 Å². The molecule has 0 bridgehead atoms. The lowest BCUT2D eigenvalue weighted by Gasteiger charge is -2.14. The fourth-order valence-corrected chi connectivity index (χ4v) is 3.91. The molecule has 1 saturated heterocycles. The van der Waals surface area contributed by atoms with Gasteiger partial charge >= 0.3 is 0 Å². The number of hydrogen-bond donors (Lipinski definition) is 1. The summed E-state index contributed by atoms with van der Waals surface area (Å²) in [5.41, 5.74) is 1.22. The van der Waals surface area contributed by atoms with Gasteiger partial charge < -0.3 is 10.0 Å². The summed E-state index contributed by atoms with van der Waals surface area (Å²) in [6.07, 6.45) is 5.13. The lowest BCUT2D eigenvalue weighted by atomic mass is 9.97. The van der Waals surface area contributed by atoms with E-state index < -0.39 is 0 Å². The van der Waals surface area contributed by atoms with Crippen LogP contribution in [0.4, 0.5) is 5.13 Å². The molecule has 1 N–H and O–H groups in total. The summed E-state index contributed by atoms with van der Waals surface area (Å²) < 4.78 is 0. The molecule has 0 aromatic carbocycles. The Morgan fingerprint density at radius 2 is 2.05 bits per heavy atom. The van der Waals surface area contributed by atoms with Crippen LogP contribution >= 0.6 is 11.3 Å². The summed E-state index contributed by atoms with van der Waals surface area (Å²) in [5, 5.41) is 20.9. The van der Waals surface area contributed by atoms with Gasteiger partial charge in [-0.25, -0.2) is 0 Å². The lowest BCUT2D eigenvalue weighted by Crippen LogP contribution is -2.20. The first-order valence-electron chi connectivity index (χ1n) is 7.76. The smallest absolute Gasteiger partial charge is 0.208 e. The number of aliphatic hydroxyl groups excluding tert-OH is 1. The van der Waals surface area contributed by atoms with Gasteiger partial charge in [-0.05, 0) is 30.0 Å². The van der Waals surface area contributed by atoms with Crippen molar-refractivity contribution in [2.75, 3.05) is 18.0 Å². The molecule has 118 valence electrons. The van der Waals surface area contributed by atoms with E-state index in [9.17, 15) is 5.11 Å². The Kier molecular flexibility index (Phi) is 4.69. The van der Waals surface area contributed by atoms with Gasteiger partial charge in [-0.1, -0.05) is 25.2 Å². The van der Waals surface area contributed by atoms with Crippen LogP contribution in [-0.4, -0.2) is 39.5 Å². The van der Waals surface area contributed by atoms with Crippen molar-refractivity contribution in [1.82, 2.24) is 15.2 Å². The molecule has 0 saturated carbocycles. The van der Waals surface area contributed by atoms with Gasteiger partial charge in [0.05, 0.1) is 6.10 Å². The van der Waals surface area contributed by atoms with Gasteiger partial charge in [0.1, 0.15) is 5.01 Å². The Labute approximate surface area is 135 Å². The maximum Gasteiger partial charge on any atom is 0.208 e. The molecular formula is C16H22N4OS. The summed E-state index contributed by atoms with van der Waals surface area (Å²) >= 11 is 1.65. The van der Waals surface area contributed by atoms with Gasteiger partial charge in [0, 0.05) is 37.8 Å². The highest BCUT2D eigenvalue weighted by Crippen LogP contribution is 2.29. The second kappa shape index (κ2) is 6.71. The van der Waals surface area contributed by atoms with Crippen molar-refractivity contribution in [3.05, 3.63) is 35.1 Å². The van der Waals surface area contributed by atoms with E-state index in [1.54, 1.807) is 23.7 Å². The average molecular weight is 318 g/mol. The number of aliphatic hydroxyl groups is 1. The predicted octanol–water partition coefficient (Wildman–Crippen LogP) is 2.17. The predicted molar refractivity (Wildman–Crippen MR) is 88.1 cm³/mol. The Morgan fingerprint density at radius 1 is 1.27 bits per heavy atom. The third-order valence-electron chi connectivity index (χ3n) is 3.96. The van der Waals surface area contributed by atoms with Gasteiger partial charge in [0.2, 0.25) is 5.13 Å². The van der Waals surface area contributed by atoms with Gasteiger partial charge in [-0.2, -0.15) is 0 Å². The SMILES string of the molecule is CC(C)Cc1nnc(N2C[C@@H](Cc3ccncc3)[C@H](O)C2)s1. The molecule has 1 aliphatic heterocycles. The number of pyridine rings is 1. The van der Waals surface area contributed by atoms with Crippen LogP contribution in [0.15, 0.2) is 24.5 Å². The Morgan fingerprint density at radius 3 is 2.77 bits per heavy atom. The Hall–Kier alpha value is -1.53. The normalized spacial score (nSPS) is 21.7. The molecule has 0 unspecified atom stereocenters. The van der Waals surface area contributed by atoms with E-state index >= 15 is 0 Å². The number of hydrogen-bond acceptors (Lipinski definition) is 6. The molecule has 0 radical (unpaired) electrons. The molecular weight excluding hydrogens is 296 g/mol. The molecule has 3 rings (SSSR count). The van der Waals surface area contributed by atoms with Gasteiger partial charge in [-0.15, -0.1) is 10.2 Å². The first kappa shape index (κ1) is 15.4. The van der Waals surface area contributed by atoms with Crippen molar-refractivity contribution in [1.29, 1.82) is 0 Å². The van der Waals surface area contributed by atoms with Crippen LogP contribution in [0.3, 0.4) is 0 Å². The first-order chi connectivity index (χ1) is 10.6. The topological polar surface area (TPSA) is 62.1 Å². The summed E-state index contributed by atoms with van der Waals surface area (Å²) in [7, 11) is 0. The van der Waals surface area contributed by atoms with Crippen LogP contribution in [-0.2, 0) is 12.8 Å². The first-order valence-corrected chi connectivity index (χ1v) is 8.57. The molecule has 6 heteroatoms. The van der Waals surface area contributed by atoms with Crippen LogP contribution in [0.2, 0.25) is 0 Å². The molecule has 0 spiro atoms. The van der Waals surface area contributed by atoms with E-state index in [0.29, 0.717) is 12.5 Å². The number of nitrogens with zero attached hydrogens (tertiary/aromatic N) is 4. The van der Waals surface area contributed by atoms with E-state index in [-0.39, 0.29) is 12.0 Å². The van der Waals surface area contributed by atoms with E-state index in [0.717, 1.165) is 29.5 Å².